The van der Waals surface area contributed by atoms with Gasteiger partial charge in [0.05, 0.1) is 12.5 Å². The highest BCUT2D eigenvalue weighted by Crippen LogP contribution is 2.24. The van der Waals surface area contributed by atoms with E-state index in [0.717, 1.165) is 44.6 Å². The monoisotopic (exact) mass is 449 g/mol. The number of likely N-dealkylation sites (tertiary alicyclic amines) is 1. The summed E-state index contributed by atoms with van der Waals surface area (Å²) >= 11 is 0. The zero-order valence-corrected chi connectivity index (χ0v) is 18.7. The third-order valence-electron chi connectivity index (χ3n) is 6.35. The van der Waals surface area contributed by atoms with Crippen molar-refractivity contribution in [3.05, 3.63) is 60.2 Å². The SMILES string of the molecule is O=C(CC1=CCCN(c2ccc(O)cc2)CC1)CN1CCC(C(=O)Nc2ccc(O)cc2)C1. The van der Waals surface area contributed by atoms with Gasteiger partial charge in [-0.2, -0.15) is 0 Å². The number of nitrogens with one attached hydrogen (secondary N) is 1. The molecule has 1 amide bonds. The first-order chi connectivity index (χ1) is 16.0. The second-order valence-corrected chi connectivity index (χ2v) is 8.88. The molecule has 174 valence electrons. The molecule has 0 spiro atoms. The van der Waals surface area contributed by atoms with Crippen LogP contribution < -0.4 is 10.2 Å². The van der Waals surface area contributed by atoms with Gasteiger partial charge >= 0.3 is 0 Å². The van der Waals surface area contributed by atoms with E-state index in [-0.39, 0.29) is 29.1 Å². The molecule has 7 heteroatoms. The fraction of sp³-hybridized carbons (Fsp3) is 0.385. The highest BCUT2D eigenvalue weighted by Gasteiger charge is 2.29. The average Bonchev–Trinajstić information content (AvgIpc) is 3.14. The Balaban J connectivity index is 1.21. The van der Waals surface area contributed by atoms with Crippen LogP contribution in [0.15, 0.2) is 60.2 Å². The number of anilines is 2. The smallest absolute Gasteiger partial charge is 0.228 e. The number of Topliss-reactive ketones (excluding diaryl/α,β-unsaturated/α-hetero) is 1. The van der Waals surface area contributed by atoms with Gasteiger partial charge in [0, 0.05) is 37.4 Å². The third-order valence-corrected chi connectivity index (χ3v) is 6.35. The molecule has 0 saturated carbocycles. The van der Waals surface area contributed by atoms with Crippen molar-refractivity contribution in [2.24, 2.45) is 5.92 Å². The van der Waals surface area contributed by atoms with Crippen molar-refractivity contribution in [2.45, 2.75) is 25.7 Å². The van der Waals surface area contributed by atoms with Crippen LogP contribution in [0.5, 0.6) is 11.5 Å². The minimum atomic E-state index is -0.137. The van der Waals surface area contributed by atoms with Gasteiger partial charge in [0.1, 0.15) is 11.5 Å². The van der Waals surface area contributed by atoms with Crippen LogP contribution >= 0.6 is 0 Å². The molecule has 2 heterocycles. The Kier molecular flexibility index (Phi) is 7.29. The van der Waals surface area contributed by atoms with Crippen LogP contribution in [-0.2, 0) is 9.59 Å². The molecule has 1 unspecified atom stereocenters. The van der Waals surface area contributed by atoms with E-state index in [9.17, 15) is 19.8 Å². The molecule has 2 aliphatic heterocycles. The predicted molar refractivity (Wildman–Crippen MR) is 129 cm³/mol. The Bertz CT molecular complexity index is 1000. The first kappa shape index (κ1) is 22.9. The molecule has 33 heavy (non-hydrogen) atoms. The molecule has 3 N–H and O–H groups in total. The first-order valence-corrected chi connectivity index (χ1v) is 11.5. The number of hydrogen-bond acceptors (Lipinski definition) is 6. The summed E-state index contributed by atoms with van der Waals surface area (Å²) in [6.07, 6.45) is 5.14. The van der Waals surface area contributed by atoms with Gasteiger partial charge in [-0.3, -0.25) is 14.5 Å². The second-order valence-electron chi connectivity index (χ2n) is 8.88. The van der Waals surface area contributed by atoms with Crippen LogP contribution in [0, 0.1) is 5.92 Å². The number of amides is 1. The summed E-state index contributed by atoms with van der Waals surface area (Å²) in [5, 5.41) is 21.7. The van der Waals surface area contributed by atoms with Crippen molar-refractivity contribution in [2.75, 3.05) is 42.9 Å². The van der Waals surface area contributed by atoms with E-state index in [4.69, 9.17) is 0 Å². The van der Waals surface area contributed by atoms with Crippen LogP contribution in [0.1, 0.15) is 25.7 Å². The lowest BCUT2D eigenvalue weighted by molar-refractivity contribution is -0.121. The molecule has 2 aliphatic rings. The summed E-state index contributed by atoms with van der Waals surface area (Å²) in [4.78, 5) is 29.6. The van der Waals surface area contributed by atoms with Crippen molar-refractivity contribution in [1.29, 1.82) is 0 Å². The number of phenolic OH excluding ortho intramolecular Hbond substituents is 2. The van der Waals surface area contributed by atoms with Crippen LogP contribution in [0.2, 0.25) is 0 Å². The van der Waals surface area contributed by atoms with Crippen molar-refractivity contribution < 1.29 is 19.8 Å². The van der Waals surface area contributed by atoms with Gasteiger partial charge in [-0.15, -0.1) is 0 Å². The van der Waals surface area contributed by atoms with Gasteiger partial charge < -0.3 is 20.4 Å². The quantitative estimate of drug-likeness (QED) is 0.442. The molecule has 0 bridgehead atoms. The average molecular weight is 450 g/mol. The van der Waals surface area contributed by atoms with Crippen molar-refractivity contribution in [1.82, 2.24) is 4.90 Å². The van der Waals surface area contributed by atoms with Crippen LogP contribution in [0.25, 0.3) is 0 Å². The summed E-state index contributed by atoms with van der Waals surface area (Å²) in [6, 6.07) is 13.7. The number of nitrogens with zero attached hydrogens (tertiary/aromatic N) is 2. The fourth-order valence-electron chi connectivity index (χ4n) is 4.54. The summed E-state index contributed by atoms with van der Waals surface area (Å²) < 4.78 is 0. The molecule has 0 aliphatic carbocycles. The number of rotatable bonds is 7. The molecule has 4 rings (SSSR count). The lowest BCUT2D eigenvalue weighted by atomic mass is 10.0. The normalized spacial score (nSPS) is 19.1. The zero-order chi connectivity index (χ0) is 23.2. The summed E-state index contributed by atoms with van der Waals surface area (Å²) in [5.74, 6) is 0.438. The minimum absolute atomic E-state index is 0.0450. The molecule has 1 saturated heterocycles. The third kappa shape index (κ3) is 6.35. The van der Waals surface area contributed by atoms with Crippen LogP contribution in [0.3, 0.4) is 0 Å². The maximum atomic E-state index is 12.7. The summed E-state index contributed by atoms with van der Waals surface area (Å²) in [5.41, 5.74) is 2.93. The van der Waals surface area contributed by atoms with Gasteiger partial charge in [-0.1, -0.05) is 11.6 Å². The lowest BCUT2D eigenvalue weighted by Crippen LogP contribution is -2.31. The summed E-state index contributed by atoms with van der Waals surface area (Å²) in [7, 11) is 0. The predicted octanol–water partition coefficient (Wildman–Crippen LogP) is 3.54. The highest BCUT2D eigenvalue weighted by atomic mass is 16.3. The van der Waals surface area contributed by atoms with Crippen molar-refractivity contribution >= 4 is 23.1 Å². The molecular formula is C26H31N3O4. The van der Waals surface area contributed by atoms with Gasteiger partial charge in [0.25, 0.3) is 0 Å². The Morgan fingerprint density at radius 1 is 0.939 bits per heavy atom. The van der Waals surface area contributed by atoms with Crippen molar-refractivity contribution in [3.8, 4) is 11.5 Å². The molecule has 1 fully saturated rings. The molecular weight excluding hydrogens is 418 g/mol. The molecule has 2 aromatic carbocycles. The molecule has 0 aromatic heterocycles. The van der Waals surface area contributed by atoms with E-state index in [1.54, 1.807) is 36.4 Å². The van der Waals surface area contributed by atoms with E-state index < -0.39 is 0 Å². The Morgan fingerprint density at radius 2 is 1.64 bits per heavy atom. The number of benzene rings is 2. The number of carbonyl (C=O) groups excluding carboxylic acids is 2. The summed E-state index contributed by atoms with van der Waals surface area (Å²) in [6.45, 7) is 3.46. The molecule has 1 atom stereocenters. The zero-order valence-electron chi connectivity index (χ0n) is 18.7. The minimum Gasteiger partial charge on any atom is -0.508 e. The van der Waals surface area contributed by atoms with Crippen molar-refractivity contribution in [3.63, 3.8) is 0 Å². The number of phenols is 2. The van der Waals surface area contributed by atoms with E-state index in [0.29, 0.717) is 25.2 Å². The van der Waals surface area contributed by atoms with E-state index in [1.807, 2.05) is 12.1 Å². The Morgan fingerprint density at radius 3 is 2.36 bits per heavy atom. The van der Waals surface area contributed by atoms with Gasteiger partial charge in [0.15, 0.2) is 5.78 Å². The molecule has 0 radical (unpaired) electrons. The number of aromatic hydroxyl groups is 2. The fourth-order valence-corrected chi connectivity index (χ4v) is 4.54. The van der Waals surface area contributed by atoms with Gasteiger partial charge in [0.2, 0.25) is 5.91 Å². The van der Waals surface area contributed by atoms with Gasteiger partial charge in [-0.05, 0) is 74.3 Å². The van der Waals surface area contributed by atoms with Crippen LogP contribution in [-0.4, -0.2) is 59.5 Å². The standard InChI is InChI=1S/C26H31N3O4/c30-23-7-3-21(4-8-23)27-26(33)20-12-14-28(17-20)18-25(32)16-19-2-1-13-29(15-11-19)22-5-9-24(31)10-6-22/h2-10,20,30-31H,1,11-18H2,(H,27,33). The lowest BCUT2D eigenvalue weighted by Gasteiger charge is -2.23. The number of ketones is 1. The van der Waals surface area contributed by atoms with E-state index >= 15 is 0 Å². The van der Waals surface area contributed by atoms with Crippen LogP contribution in [0.4, 0.5) is 11.4 Å². The highest BCUT2D eigenvalue weighted by molar-refractivity contribution is 5.93. The largest absolute Gasteiger partial charge is 0.508 e. The molecule has 2 aromatic rings. The maximum absolute atomic E-state index is 12.7. The van der Waals surface area contributed by atoms with E-state index in [2.05, 4.69) is 21.2 Å². The van der Waals surface area contributed by atoms with Gasteiger partial charge in [-0.25, -0.2) is 0 Å². The molecule has 7 nitrogen and oxygen atoms in total. The Hall–Kier alpha value is -3.32. The maximum Gasteiger partial charge on any atom is 0.228 e. The number of carbonyl (C=O) groups is 2. The first-order valence-electron chi connectivity index (χ1n) is 11.5. The van der Waals surface area contributed by atoms with E-state index in [1.165, 1.54) is 5.57 Å². The topological polar surface area (TPSA) is 93.1 Å². The second kappa shape index (κ2) is 10.5. The Labute approximate surface area is 194 Å². The number of hydrogen-bond donors (Lipinski definition) is 3.